The molecule has 2 aromatic rings. The summed E-state index contributed by atoms with van der Waals surface area (Å²) in [7, 11) is 0. The monoisotopic (exact) mass is 306 g/mol. The van der Waals surface area contributed by atoms with Gasteiger partial charge in [0.15, 0.2) is 0 Å². The lowest BCUT2D eigenvalue weighted by atomic mass is 9.96. The number of allylic oxidation sites excluding steroid dienone is 5. The van der Waals surface area contributed by atoms with E-state index in [9.17, 15) is 0 Å². The van der Waals surface area contributed by atoms with Crippen LogP contribution in [0.25, 0.3) is 16.7 Å². The van der Waals surface area contributed by atoms with Crippen molar-refractivity contribution in [2.45, 2.75) is 6.92 Å². The predicted molar refractivity (Wildman–Crippen MR) is 97.4 cm³/mol. The van der Waals surface area contributed by atoms with Gasteiger partial charge >= 0.3 is 0 Å². The molecule has 0 saturated heterocycles. The molecule has 2 rings (SSSR count). The Morgan fingerprint density at radius 3 is 2.57 bits per heavy atom. The Balaban J connectivity index is 2.62. The Hall–Kier alpha value is -2.58. The summed E-state index contributed by atoms with van der Waals surface area (Å²) in [4.78, 5) is 0. The van der Waals surface area contributed by atoms with E-state index in [1.165, 1.54) is 0 Å². The molecule has 0 radical (unpaired) electrons. The van der Waals surface area contributed by atoms with E-state index < -0.39 is 0 Å². The zero-order valence-corrected chi connectivity index (χ0v) is 13.4. The molecule has 0 saturated carbocycles. The lowest BCUT2D eigenvalue weighted by Crippen LogP contribution is -2.05. The van der Waals surface area contributed by atoms with Crippen molar-refractivity contribution in [3.8, 4) is 16.9 Å². The fourth-order valence-electron chi connectivity index (χ4n) is 2.45. The standard InChI is InChI=1S/C21H22O2/c1-3-9-17(10-4-2)19-13-8-14-20(21(19)23-16-15-22)18-11-6-5-7-12-18/h3-14,22H,1,15-16H2,2H3/b10-4-,17-9+. The summed E-state index contributed by atoms with van der Waals surface area (Å²) in [5, 5.41) is 9.16. The quantitative estimate of drug-likeness (QED) is 0.739. The highest BCUT2D eigenvalue weighted by Crippen LogP contribution is 2.37. The Morgan fingerprint density at radius 2 is 1.91 bits per heavy atom. The second kappa shape index (κ2) is 8.76. The first-order chi connectivity index (χ1) is 11.3. The molecule has 0 amide bonds. The Morgan fingerprint density at radius 1 is 1.13 bits per heavy atom. The van der Waals surface area contributed by atoms with Crippen molar-refractivity contribution < 1.29 is 9.84 Å². The van der Waals surface area contributed by atoms with Gasteiger partial charge in [-0.3, -0.25) is 0 Å². The largest absolute Gasteiger partial charge is 0.490 e. The van der Waals surface area contributed by atoms with Crippen molar-refractivity contribution >= 4 is 5.57 Å². The summed E-state index contributed by atoms with van der Waals surface area (Å²) >= 11 is 0. The molecule has 0 atom stereocenters. The van der Waals surface area contributed by atoms with Gasteiger partial charge < -0.3 is 9.84 Å². The molecule has 2 nitrogen and oxygen atoms in total. The molecule has 1 N–H and O–H groups in total. The van der Waals surface area contributed by atoms with Gasteiger partial charge in [-0.05, 0) is 18.1 Å². The molecule has 23 heavy (non-hydrogen) atoms. The first kappa shape index (κ1) is 16.8. The molecule has 0 aromatic heterocycles. The highest BCUT2D eigenvalue weighted by atomic mass is 16.5. The fourth-order valence-corrected chi connectivity index (χ4v) is 2.45. The van der Waals surface area contributed by atoms with E-state index >= 15 is 0 Å². The zero-order chi connectivity index (χ0) is 16.5. The molecule has 118 valence electrons. The van der Waals surface area contributed by atoms with Gasteiger partial charge in [0.1, 0.15) is 12.4 Å². The number of aliphatic hydroxyl groups is 1. The van der Waals surface area contributed by atoms with E-state index in [2.05, 4.69) is 18.7 Å². The van der Waals surface area contributed by atoms with Gasteiger partial charge in [0.2, 0.25) is 0 Å². The highest BCUT2D eigenvalue weighted by molar-refractivity contribution is 5.85. The second-order valence-corrected chi connectivity index (χ2v) is 4.98. The normalized spacial score (nSPS) is 11.7. The van der Waals surface area contributed by atoms with Crippen LogP contribution < -0.4 is 4.74 Å². The van der Waals surface area contributed by atoms with Crippen LogP contribution in [0.15, 0.2) is 79.4 Å². The SMILES string of the molecule is C=C/C=C(\C=C/C)c1cccc(-c2ccccc2)c1OCCO. The maximum atomic E-state index is 9.16. The summed E-state index contributed by atoms with van der Waals surface area (Å²) in [5.74, 6) is 0.777. The number of rotatable bonds is 7. The van der Waals surface area contributed by atoms with E-state index in [1.54, 1.807) is 6.08 Å². The summed E-state index contributed by atoms with van der Waals surface area (Å²) in [5.41, 5.74) is 4.10. The zero-order valence-electron chi connectivity index (χ0n) is 13.4. The van der Waals surface area contributed by atoms with Gasteiger partial charge in [-0.15, -0.1) is 0 Å². The van der Waals surface area contributed by atoms with Crippen LogP contribution in [0.5, 0.6) is 5.75 Å². The number of hydrogen-bond donors (Lipinski definition) is 1. The van der Waals surface area contributed by atoms with E-state index in [1.807, 2.05) is 61.5 Å². The Kier molecular flexibility index (Phi) is 6.40. The van der Waals surface area contributed by atoms with Crippen LogP contribution in [0.1, 0.15) is 12.5 Å². The minimum absolute atomic E-state index is 0.0211. The minimum Gasteiger partial charge on any atom is -0.490 e. The molecule has 0 bridgehead atoms. The van der Waals surface area contributed by atoms with Gasteiger partial charge in [-0.1, -0.05) is 79.4 Å². The molecule has 0 heterocycles. The Labute approximate surface area is 138 Å². The molecule has 0 aliphatic heterocycles. The molecule has 0 aliphatic rings. The van der Waals surface area contributed by atoms with Crippen molar-refractivity contribution in [3.05, 3.63) is 85.0 Å². The van der Waals surface area contributed by atoms with Crippen molar-refractivity contribution in [2.24, 2.45) is 0 Å². The van der Waals surface area contributed by atoms with Crippen LogP contribution >= 0.6 is 0 Å². The van der Waals surface area contributed by atoms with Crippen LogP contribution in [0.4, 0.5) is 0 Å². The molecule has 2 heteroatoms. The predicted octanol–water partition coefficient (Wildman–Crippen LogP) is 4.87. The smallest absolute Gasteiger partial charge is 0.135 e. The molecule has 0 fully saturated rings. The number of benzene rings is 2. The average Bonchev–Trinajstić information content (AvgIpc) is 2.60. The third-order valence-corrected chi connectivity index (χ3v) is 3.39. The Bertz CT molecular complexity index is 697. The molecule has 0 spiro atoms. The van der Waals surface area contributed by atoms with Crippen LogP contribution in [-0.4, -0.2) is 18.3 Å². The van der Waals surface area contributed by atoms with Crippen LogP contribution in [0.2, 0.25) is 0 Å². The van der Waals surface area contributed by atoms with Crippen LogP contribution in [0, 0.1) is 0 Å². The van der Waals surface area contributed by atoms with E-state index in [0.29, 0.717) is 0 Å². The number of aliphatic hydroxyl groups excluding tert-OH is 1. The molecule has 0 unspecified atom stereocenters. The number of hydrogen-bond acceptors (Lipinski definition) is 2. The number of para-hydroxylation sites is 1. The van der Waals surface area contributed by atoms with Gasteiger partial charge in [-0.2, -0.15) is 0 Å². The molecular weight excluding hydrogens is 284 g/mol. The summed E-state index contributed by atoms with van der Waals surface area (Å²) < 4.78 is 5.89. The third kappa shape index (κ3) is 4.21. The van der Waals surface area contributed by atoms with Crippen molar-refractivity contribution in [1.82, 2.24) is 0 Å². The summed E-state index contributed by atoms with van der Waals surface area (Å²) in [6.07, 6.45) is 7.73. The van der Waals surface area contributed by atoms with E-state index in [-0.39, 0.29) is 13.2 Å². The van der Waals surface area contributed by atoms with Crippen LogP contribution in [-0.2, 0) is 0 Å². The fraction of sp³-hybridized carbons (Fsp3) is 0.143. The highest BCUT2D eigenvalue weighted by Gasteiger charge is 2.13. The van der Waals surface area contributed by atoms with Crippen molar-refractivity contribution in [3.63, 3.8) is 0 Å². The maximum absolute atomic E-state index is 9.16. The van der Waals surface area contributed by atoms with Gasteiger partial charge in [0.05, 0.1) is 6.61 Å². The van der Waals surface area contributed by atoms with Crippen molar-refractivity contribution in [2.75, 3.05) is 13.2 Å². The first-order valence-electron chi connectivity index (χ1n) is 7.69. The molecule has 0 aliphatic carbocycles. The van der Waals surface area contributed by atoms with Crippen LogP contribution in [0.3, 0.4) is 0 Å². The third-order valence-electron chi connectivity index (χ3n) is 3.39. The first-order valence-corrected chi connectivity index (χ1v) is 7.69. The van der Waals surface area contributed by atoms with Gasteiger partial charge in [0.25, 0.3) is 0 Å². The summed E-state index contributed by atoms with van der Waals surface area (Å²) in [6.45, 7) is 6.00. The average molecular weight is 306 g/mol. The molecule has 2 aromatic carbocycles. The van der Waals surface area contributed by atoms with E-state index in [4.69, 9.17) is 9.84 Å². The number of ether oxygens (including phenoxy) is 1. The van der Waals surface area contributed by atoms with Crippen molar-refractivity contribution in [1.29, 1.82) is 0 Å². The molecular formula is C21H22O2. The van der Waals surface area contributed by atoms with Gasteiger partial charge in [0, 0.05) is 11.1 Å². The lowest BCUT2D eigenvalue weighted by Gasteiger charge is -2.16. The summed E-state index contributed by atoms with van der Waals surface area (Å²) in [6, 6.07) is 16.2. The lowest BCUT2D eigenvalue weighted by molar-refractivity contribution is 0.201. The minimum atomic E-state index is -0.0211. The van der Waals surface area contributed by atoms with E-state index in [0.717, 1.165) is 28.0 Å². The topological polar surface area (TPSA) is 29.5 Å². The van der Waals surface area contributed by atoms with Gasteiger partial charge in [-0.25, -0.2) is 0 Å². The maximum Gasteiger partial charge on any atom is 0.135 e. The second-order valence-electron chi connectivity index (χ2n) is 4.98.